The Morgan fingerprint density at radius 1 is 1.03 bits per heavy atom. The quantitative estimate of drug-likeness (QED) is 0.207. The van der Waals surface area contributed by atoms with Gasteiger partial charge in [0.1, 0.15) is 12.1 Å². The van der Waals surface area contributed by atoms with Crippen molar-refractivity contribution in [3.8, 4) is 11.3 Å². The molecule has 2 aromatic heterocycles. The average Bonchev–Trinajstić information content (AvgIpc) is 3.40. The molecule has 10 heteroatoms. The number of carbonyl (C=O) groups excluding carboxylic acids is 1. The van der Waals surface area contributed by atoms with Crippen LogP contribution in [0.4, 0.5) is 23.2 Å². The number of imidazole rings is 1. The molecular formula is C27H27ClF4N4O. The molecule has 0 aliphatic rings. The molecular weight excluding hydrogens is 508 g/mol. The second-order valence-electron chi connectivity index (χ2n) is 7.55. The minimum atomic E-state index is -4.42. The Bertz CT molecular complexity index is 1230. The van der Waals surface area contributed by atoms with Crippen LogP contribution in [0.25, 0.3) is 11.3 Å². The fraction of sp³-hybridized carbons (Fsp3) is 0.222. The normalized spacial score (nSPS) is 10.5. The van der Waals surface area contributed by atoms with Gasteiger partial charge in [0.2, 0.25) is 0 Å². The van der Waals surface area contributed by atoms with Crippen molar-refractivity contribution in [1.29, 1.82) is 0 Å². The summed E-state index contributed by atoms with van der Waals surface area (Å²) in [6, 6.07) is 13.6. The number of carbonyl (C=O) groups is 1. The number of H-pyrrole nitrogens is 1. The maximum Gasteiger partial charge on any atom is 0.416 e. The zero-order valence-corrected chi connectivity index (χ0v) is 21.3. The SMILES string of the molecule is CC.CN(Cc1cc(F)cc(Cl)c1)c1ccc(-c2cnc[nH]2)cc1.O=CCc1cnccc1C(F)(F)F. The Morgan fingerprint density at radius 3 is 2.30 bits per heavy atom. The first-order valence-corrected chi connectivity index (χ1v) is 11.7. The number of nitrogens with zero attached hydrogens (tertiary/aromatic N) is 3. The van der Waals surface area contributed by atoms with E-state index in [1.165, 1.54) is 12.1 Å². The van der Waals surface area contributed by atoms with Crippen LogP contribution in [0.3, 0.4) is 0 Å². The van der Waals surface area contributed by atoms with Crippen LogP contribution in [-0.4, -0.2) is 28.3 Å². The first-order valence-electron chi connectivity index (χ1n) is 11.4. The van der Waals surface area contributed by atoms with Gasteiger partial charge in [-0.25, -0.2) is 9.37 Å². The predicted octanol–water partition coefficient (Wildman–Crippen LogP) is 7.37. The van der Waals surface area contributed by atoms with Gasteiger partial charge in [-0.3, -0.25) is 4.98 Å². The molecule has 0 aliphatic heterocycles. The zero-order valence-electron chi connectivity index (χ0n) is 20.6. The summed E-state index contributed by atoms with van der Waals surface area (Å²) in [6.07, 6.45) is 1.29. The van der Waals surface area contributed by atoms with Crippen molar-refractivity contribution in [3.05, 3.63) is 101 Å². The van der Waals surface area contributed by atoms with E-state index in [1.54, 1.807) is 18.6 Å². The van der Waals surface area contributed by atoms with Gasteiger partial charge < -0.3 is 14.7 Å². The minimum absolute atomic E-state index is 0.0926. The Hall–Kier alpha value is -3.72. The van der Waals surface area contributed by atoms with Gasteiger partial charge in [-0.1, -0.05) is 37.6 Å². The van der Waals surface area contributed by atoms with Crippen molar-refractivity contribution in [2.45, 2.75) is 33.0 Å². The Labute approximate surface area is 218 Å². The standard InChI is InChI=1S/C17H15ClFN3.C8H6F3NO.C2H6/c1-22(10-12-6-14(18)8-15(19)7-12)16-4-2-13(3-5-16)17-9-20-11-21-17;9-8(10,11)7-1-3-12-5-6(7)2-4-13;1-2/h2-9,11H,10H2,1H3,(H,20,21);1,3-5H,2H2;1-2H3. The zero-order chi connectivity index (χ0) is 27.4. The lowest BCUT2D eigenvalue weighted by atomic mass is 10.1. The molecule has 5 nitrogen and oxygen atoms in total. The number of aldehydes is 1. The fourth-order valence-corrected chi connectivity index (χ4v) is 3.58. The highest BCUT2D eigenvalue weighted by molar-refractivity contribution is 6.30. The molecule has 0 spiro atoms. The van der Waals surface area contributed by atoms with Crippen molar-refractivity contribution in [3.63, 3.8) is 0 Å². The Kier molecular flexibility index (Phi) is 11.3. The Balaban J connectivity index is 0.000000275. The third-order valence-corrected chi connectivity index (χ3v) is 5.19. The molecule has 0 fully saturated rings. The third-order valence-electron chi connectivity index (χ3n) is 4.97. The van der Waals surface area contributed by atoms with Gasteiger partial charge in [0.25, 0.3) is 0 Å². The number of hydrogen-bond acceptors (Lipinski definition) is 4. The number of halogens is 5. The van der Waals surface area contributed by atoms with Crippen LogP contribution >= 0.6 is 11.6 Å². The van der Waals surface area contributed by atoms with E-state index in [-0.39, 0.29) is 17.8 Å². The lowest BCUT2D eigenvalue weighted by Gasteiger charge is -2.20. The van der Waals surface area contributed by atoms with E-state index in [4.69, 9.17) is 11.6 Å². The number of aromatic nitrogens is 3. The van der Waals surface area contributed by atoms with Crippen LogP contribution in [0, 0.1) is 5.82 Å². The van der Waals surface area contributed by atoms with Gasteiger partial charge in [0, 0.05) is 43.1 Å². The third kappa shape index (κ3) is 9.02. The molecule has 0 saturated heterocycles. The summed E-state index contributed by atoms with van der Waals surface area (Å²) in [5, 5.41) is 0.415. The molecule has 0 saturated carbocycles. The fourth-order valence-electron chi connectivity index (χ4n) is 3.33. The predicted molar refractivity (Wildman–Crippen MR) is 138 cm³/mol. The number of benzene rings is 2. The van der Waals surface area contributed by atoms with E-state index in [9.17, 15) is 22.4 Å². The van der Waals surface area contributed by atoms with E-state index in [1.807, 2.05) is 50.1 Å². The van der Waals surface area contributed by atoms with Crippen molar-refractivity contribution in [2.75, 3.05) is 11.9 Å². The van der Waals surface area contributed by atoms with E-state index >= 15 is 0 Å². The highest BCUT2D eigenvalue weighted by Crippen LogP contribution is 2.31. The van der Waals surface area contributed by atoms with Gasteiger partial charge in [0.15, 0.2) is 0 Å². The van der Waals surface area contributed by atoms with Crippen LogP contribution in [-0.2, 0) is 23.9 Å². The molecule has 37 heavy (non-hydrogen) atoms. The maximum atomic E-state index is 13.4. The van der Waals surface area contributed by atoms with Crippen LogP contribution in [0.15, 0.2) is 73.4 Å². The molecule has 0 bridgehead atoms. The van der Waals surface area contributed by atoms with Gasteiger partial charge in [0.05, 0.1) is 23.8 Å². The summed E-state index contributed by atoms with van der Waals surface area (Å²) in [6.45, 7) is 4.58. The second kappa shape index (κ2) is 14.1. The monoisotopic (exact) mass is 534 g/mol. The van der Waals surface area contributed by atoms with Gasteiger partial charge in [-0.05, 0) is 53.1 Å². The summed E-state index contributed by atoms with van der Waals surface area (Å²) in [5.41, 5.74) is 3.04. The molecule has 196 valence electrons. The molecule has 2 heterocycles. The summed E-state index contributed by atoms with van der Waals surface area (Å²) in [5.74, 6) is -0.314. The Morgan fingerprint density at radius 2 is 1.73 bits per heavy atom. The maximum absolute atomic E-state index is 13.4. The van der Waals surface area contributed by atoms with Crippen LogP contribution < -0.4 is 4.90 Å². The lowest BCUT2D eigenvalue weighted by Crippen LogP contribution is -2.16. The van der Waals surface area contributed by atoms with Gasteiger partial charge in [-0.2, -0.15) is 13.2 Å². The number of pyridine rings is 1. The molecule has 1 N–H and O–H groups in total. The number of rotatable bonds is 6. The van der Waals surface area contributed by atoms with E-state index in [0.29, 0.717) is 17.9 Å². The number of anilines is 1. The van der Waals surface area contributed by atoms with Crippen LogP contribution in [0.2, 0.25) is 5.02 Å². The molecule has 0 amide bonds. The van der Waals surface area contributed by atoms with Crippen LogP contribution in [0.5, 0.6) is 0 Å². The largest absolute Gasteiger partial charge is 0.416 e. The van der Waals surface area contributed by atoms with Crippen molar-refractivity contribution in [2.24, 2.45) is 0 Å². The molecule has 4 rings (SSSR count). The highest BCUT2D eigenvalue weighted by Gasteiger charge is 2.32. The average molecular weight is 535 g/mol. The van der Waals surface area contributed by atoms with Crippen LogP contribution in [0.1, 0.15) is 30.5 Å². The minimum Gasteiger partial charge on any atom is -0.370 e. The smallest absolute Gasteiger partial charge is 0.370 e. The molecule has 0 radical (unpaired) electrons. The molecule has 0 aliphatic carbocycles. The topological polar surface area (TPSA) is 61.9 Å². The van der Waals surface area contributed by atoms with Gasteiger partial charge in [-0.15, -0.1) is 0 Å². The van der Waals surface area contributed by atoms with E-state index in [2.05, 4.69) is 15.0 Å². The molecule has 0 unspecified atom stereocenters. The molecule has 2 aromatic carbocycles. The lowest BCUT2D eigenvalue weighted by molar-refractivity contribution is -0.138. The number of alkyl halides is 3. The first-order chi connectivity index (χ1) is 17.7. The molecule has 0 atom stereocenters. The number of nitrogens with one attached hydrogen (secondary N) is 1. The van der Waals surface area contributed by atoms with Crippen molar-refractivity contribution < 1.29 is 22.4 Å². The number of aromatic amines is 1. The number of hydrogen-bond donors (Lipinski definition) is 1. The summed E-state index contributed by atoms with van der Waals surface area (Å²) < 4.78 is 50.1. The van der Waals surface area contributed by atoms with E-state index < -0.39 is 11.7 Å². The summed E-state index contributed by atoms with van der Waals surface area (Å²) in [7, 11) is 1.96. The summed E-state index contributed by atoms with van der Waals surface area (Å²) in [4.78, 5) is 22.7. The summed E-state index contributed by atoms with van der Waals surface area (Å²) >= 11 is 5.89. The first kappa shape index (κ1) is 29.5. The van der Waals surface area contributed by atoms with Gasteiger partial charge >= 0.3 is 6.18 Å². The van der Waals surface area contributed by atoms with Crippen molar-refractivity contribution >= 4 is 23.6 Å². The highest BCUT2D eigenvalue weighted by atomic mass is 35.5. The van der Waals surface area contributed by atoms with Crippen molar-refractivity contribution in [1.82, 2.24) is 15.0 Å². The molecule has 4 aromatic rings. The second-order valence-corrected chi connectivity index (χ2v) is 7.98. The van der Waals surface area contributed by atoms with E-state index in [0.717, 1.165) is 41.0 Å².